The molecule has 33 heavy (non-hydrogen) atoms. The van der Waals surface area contributed by atoms with E-state index >= 15 is 0 Å². The van der Waals surface area contributed by atoms with Crippen molar-refractivity contribution in [2.75, 3.05) is 20.1 Å². The van der Waals surface area contributed by atoms with Crippen LogP contribution in [-0.4, -0.2) is 47.0 Å². The highest BCUT2D eigenvalue weighted by molar-refractivity contribution is 5.93. The Kier molecular flexibility index (Phi) is 6.63. The predicted molar refractivity (Wildman–Crippen MR) is 130 cm³/mol. The van der Waals surface area contributed by atoms with Crippen molar-refractivity contribution in [2.24, 2.45) is 5.41 Å². The van der Waals surface area contributed by atoms with E-state index in [1.165, 1.54) is 0 Å². The molecular formula is C27H32N4O2. The van der Waals surface area contributed by atoms with Gasteiger partial charge in [-0.25, -0.2) is 0 Å². The molecule has 1 fully saturated rings. The summed E-state index contributed by atoms with van der Waals surface area (Å²) in [7, 11) is 1.67. The van der Waals surface area contributed by atoms with Gasteiger partial charge in [-0.1, -0.05) is 68.4 Å². The van der Waals surface area contributed by atoms with Gasteiger partial charge in [-0.2, -0.15) is 5.10 Å². The van der Waals surface area contributed by atoms with E-state index in [-0.39, 0.29) is 17.7 Å². The number of likely N-dealkylation sites (tertiary alicyclic amines) is 1. The molecule has 2 heterocycles. The van der Waals surface area contributed by atoms with Crippen LogP contribution in [0.4, 0.5) is 0 Å². The van der Waals surface area contributed by atoms with Gasteiger partial charge >= 0.3 is 0 Å². The average Bonchev–Trinajstić information content (AvgIpc) is 3.35. The molecule has 2 amide bonds. The van der Waals surface area contributed by atoms with Crippen LogP contribution in [0.3, 0.4) is 0 Å². The molecule has 1 aliphatic heterocycles. The predicted octanol–water partition coefficient (Wildman–Crippen LogP) is 4.41. The van der Waals surface area contributed by atoms with E-state index in [0.29, 0.717) is 25.2 Å². The van der Waals surface area contributed by atoms with Crippen molar-refractivity contribution in [2.45, 2.75) is 39.0 Å². The van der Waals surface area contributed by atoms with E-state index < -0.39 is 5.41 Å². The summed E-state index contributed by atoms with van der Waals surface area (Å²) in [6.45, 7) is 5.13. The zero-order valence-corrected chi connectivity index (χ0v) is 19.6. The highest BCUT2D eigenvalue weighted by Gasteiger charge is 2.43. The fourth-order valence-electron chi connectivity index (χ4n) is 4.77. The van der Waals surface area contributed by atoms with Crippen molar-refractivity contribution >= 4 is 11.8 Å². The second-order valence-electron chi connectivity index (χ2n) is 9.30. The minimum atomic E-state index is -0.671. The maximum absolute atomic E-state index is 13.2. The SMILES string of the molecule is CNC(=O)[C@@]1(Cc2cccc(-c3ccccc3)c2)CCCN(C(=O)c2cc(C(C)C)[nH]n2)C1. The number of nitrogens with one attached hydrogen (secondary N) is 2. The summed E-state index contributed by atoms with van der Waals surface area (Å²) in [5, 5.41) is 10.1. The van der Waals surface area contributed by atoms with E-state index in [1.807, 2.05) is 30.3 Å². The molecule has 0 radical (unpaired) electrons. The van der Waals surface area contributed by atoms with Crippen LogP contribution in [0.15, 0.2) is 60.7 Å². The first-order chi connectivity index (χ1) is 15.9. The summed E-state index contributed by atoms with van der Waals surface area (Å²) in [5.41, 5.74) is 4.05. The zero-order chi connectivity index (χ0) is 23.4. The van der Waals surface area contributed by atoms with E-state index in [4.69, 9.17) is 0 Å². The molecule has 0 unspecified atom stereocenters. The number of hydrogen-bond donors (Lipinski definition) is 2. The number of amides is 2. The molecule has 6 heteroatoms. The minimum Gasteiger partial charge on any atom is -0.359 e. The number of nitrogens with zero attached hydrogens (tertiary/aromatic N) is 2. The highest BCUT2D eigenvalue weighted by Crippen LogP contribution is 2.35. The lowest BCUT2D eigenvalue weighted by molar-refractivity contribution is -0.133. The molecule has 1 saturated heterocycles. The van der Waals surface area contributed by atoms with Crippen molar-refractivity contribution in [3.05, 3.63) is 77.6 Å². The first-order valence-electron chi connectivity index (χ1n) is 11.6. The van der Waals surface area contributed by atoms with Crippen molar-refractivity contribution in [3.8, 4) is 11.1 Å². The standard InChI is InChI=1S/C27H32N4O2/c1-19(2)23-16-24(30-29-23)25(32)31-14-8-13-27(18-31,26(33)28-3)17-20-9-7-12-22(15-20)21-10-5-4-6-11-21/h4-7,9-12,15-16,19H,8,13-14,17-18H2,1-3H3,(H,28,33)(H,29,30)/t27-/m1/s1. The van der Waals surface area contributed by atoms with Crippen LogP contribution in [0.5, 0.6) is 0 Å². The minimum absolute atomic E-state index is 0.0185. The van der Waals surface area contributed by atoms with E-state index in [2.05, 4.69) is 59.7 Å². The van der Waals surface area contributed by atoms with Gasteiger partial charge in [-0.3, -0.25) is 14.7 Å². The summed E-state index contributed by atoms with van der Waals surface area (Å²) in [4.78, 5) is 28.2. The number of piperidine rings is 1. The van der Waals surface area contributed by atoms with Crippen LogP contribution in [0.25, 0.3) is 11.1 Å². The Bertz CT molecular complexity index is 1120. The zero-order valence-electron chi connectivity index (χ0n) is 19.6. The normalized spacial score (nSPS) is 18.4. The molecule has 6 nitrogen and oxygen atoms in total. The number of rotatable bonds is 6. The van der Waals surface area contributed by atoms with Gasteiger partial charge in [0.15, 0.2) is 0 Å². The molecule has 0 bridgehead atoms. The molecular weight excluding hydrogens is 412 g/mol. The molecule has 2 aromatic carbocycles. The summed E-state index contributed by atoms with van der Waals surface area (Å²) in [6.07, 6.45) is 2.10. The number of aromatic nitrogens is 2. The summed E-state index contributed by atoms with van der Waals surface area (Å²) in [5.74, 6) is 0.126. The Balaban J connectivity index is 1.59. The number of H-pyrrole nitrogens is 1. The Morgan fingerprint density at radius 1 is 1.09 bits per heavy atom. The van der Waals surface area contributed by atoms with E-state index in [9.17, 15) is 9.59 Å². The van der Waals surface area contributed by atoms with E-state index in [1.54, 1.807) is 11.9 Å². The van der Waals surface area contributed by atoms with Gasteiger partial charge in [0.1, 0.15) is 5.69 Å². The van der Waals surface area contributed by atoms with Crippen LogP contribution < -0.4 is 5.32 Å². The van der Waals surface area contributed by atoms with Crippen molar-refractivity contribution in [1.29, 1.82) is 0 Å². The number of carbonyl (C=O) groups is 2. The van der Waals surface area contributed by atoms with Gasteiger partial charge < -0.3 is 10.2 Å². The number of hydrogen-bond acceptors (Lipinski definition) is 3. The maximum Gasteiger partial charge on any atom is 0.274 e. The summed E-state index contributed by atoms with van der Waals surface area (Å²) in [6, 6.07) is 20.4. The molecule has 1 atom stereocenters. The molecule has 172 valence electrons. The molecule has 1 aliphatic rings. The van der Waals surface area contributed by atoms with Crippen LogP contribution in [0.2, 0.25) is 0 Å². The second-order valence-corrected chi connectivity index (χ2v) is 9.30. The molecule has 1 aromatic heterocycles. The third-order valence-corrected chi connectivity index (χ3v) is 6.59. The highest BCUT2D eigenvalue weighted by atomic mass is 16.2. The van der Waals surface area contributed by atoms with E-state index in [0.717, 1.165) is 35.2 Å². The summed E-state index contributed by atoms with van der Waals surface area (Å²) < 4.78 is 0. The van der Waals surface area contributed by atoms with Gasteiger partial charge in [0.25, 0.3) is 5.91 Å². The lowest BCUT2D eigenvalue weighted by Gasteiger charge is -2.41. The summed E-state index contributed by atoms with van der Waals surface area (Å²) >= 11 is 0. The number of aromatic amines is 1. The first-order valence-corrected chi connectivity index (χ1v) is 11.6. The monoisotopic (exact) mass is 444 g/mol. The fraction of sp³-hybridized carbons (Fsp3) is 0.370. The van der Waals surface area contributed by atoms with Crippen molar-refractivity contribution < 1.29 is 9.59 Å². The average molecular weight is 445 g/mol. The molecule has 3 aromatic rings. The molecule has 0 spiro atoms. The van der Waals surface area contributed by atoms with Gasteiger partial charge in [0.2, 0.25) is 5.91 Å². The Labute approximate surface area is 195 Å². The van der Waals surface area contributed by atoms with Crippen LogP contribution in [-0.2, 0) is 11.2 Å². The maximum atomic E-state index is 13.2. The van der Waals surface area contributed by atoms with Crippen molar-refractivity contribution in [1.82, 2.24) is 20.4 Å². The molecule has 0 aliphatic carbocycles. The first kappa shape index (κ1) is 22.8. The fourth-order valence-corrected chi connectivity index (χ4v) is 4.77. The lowest BCUT2D eigenvalue weighted by atomic mass is 9.74. The Morgan fingerprint density at radius 3 is 2.55 bits per heavy atom. The lowest BCUT2D eigenvalue weighted by Crippen LogP contribution is -2.54. The third-order valence-electron chi connectivity index (χ3n) is 6.59. The number of benzene rings is 2. The van der Waals surface area contributed by atoms with Gasteiger partial charge in [0, 0.05) is 25.8 Å². The molecule has 2 N–H and O–H groups in total. The second kappa shape index (κ2) is 9.61. The quantitative estimate of drug-likeness (QED) is 0.591. The van der Waals surface area contributed by atoms with Crippen LogP contribution >= 0.6 is 0 Å². The van der Waals surface area contributed by atoms with Gasteiger partial charge in [-0.15, -0.1) is 0 Å². The van der Waals surface area contributed by atoms with Crippen LogP contribution in [0.1, 0.15) is 54.4 Å². The molecule has 4 rings (SSSR count). The van der Waals surface area contributed by atoms with Gasteiger partial charge in [-0.05, 0) is 47.9 Å². The van der Waals surface area contributed by atoms with Crippen LogP contribution in [0, 0.1) is 5.41 Å². The third kappa shape index (κ3) is 4.85. The largest absolute Gasteiger partial charge is 0.359 e. The Morgan fingerprint density at radius 2 is 1.85 bits per heavy atom. The molecule has 0 saturated carbocycles. The smallest absolute Gasteiger partial charge is 0.274 e. The van der Waals surface area contributed by atoms with Gasteiger partial charge in [0.05, 0.1) is 5.41 Å². The number of carbonyl (C=O) groups excluding carboxylic acids is 2. The topological polar surface area (TPSA) is 78.1 Å². The van der Waals surface area contributed by atoms with Crippen molar-refractivity contribution in [3.63, 3.8) is 0 Å². The Hall–Kier alpha value is -3.41.